The zero-order chi connectivity index (χ0) is 21.8. The van der Waals surface area contributed by atoms with Crippen LogP contribution in [0.1, 0.15) is 43.7 Å². The standard InChI is InChI=1S/C25H26N4O2/c1-3-4-6-11-19(15-18-9-7-5-8-10-18)16-26-29-24(30)23-22(28-25(29)31)20-14-17(2)12-13-21(20)27-23/h5,7-10,12-16,27H,3-4,6,11H2,1-2H3,(H,28,31)/b19-15+,26-16-. The molecule has 31 heavy (non-hydrogen) atoms. The van der Waals surface area contributed by atoms with E-state index in [9.17, 15) is 9.59 Å². The molecule has 0 aliphatic rings. The van der Waals surface area contributed by atoms with Crippen molar-refractivity contribution in [2.75, 3.05) is 0 Å². The number of fused-ring (bicyclic) bond motifs is 3. The average Bonchev–Trinajstić information content (AvgIpc) is 3.12. The van der Waals surface area contributed by atoms with Crippen LogP contribution in [0.4, 0.5) is 0 Å². The van der Waals surface area contributed by atoms with E-state index in [0.29, 0.717) is 11.0 Å². The van der Waals surface area contributed by atoms with Gasteiger partial charge < -0.3 is 9.97 Å². The molecule has 0 atom stereocenters. The molecule has 0 aliphatic carbocycles. The third kappa shape index (κ3) is 4.43. The number of aromatic amines is 2. The molecule has 4 aromatic rings. The lowest BCUT2D eigenvalue weighted by Gasteiger charge is -2.03. The molecular weight excluding hydrogens is 388 g/mol. The van der Waals surface area contributed by atoms with E-state index in [0.717, 1.165) is 58.0 Å². The molecular formula is C25H26N4O2. The van der Waals surface area contributed by atoms with Gasteiger partial charge in [-0.25, -0.2) is 4.79 Å². The van der Waals surface area contributed by atoms with Crippen LogP contribution in [0.3, 0.4) is 0 Å². The van der Waals surface area contributed by atoms with Gasteiger partial charge in [-0.2, -0.15) is 5.10 Å². The number of benzene rings is 2. The highest BCUT2D eigenvalue weighted by atomic mass is 16.2. The maximum Gasteiger partial charge on any atom is 0.350 e. The Labute approximate surface area is 179 Å². The van der Waals surface area contributed by atoms with Crippen LogP contribution in [0, 0.1) is 6.92 Å². The van der Waals surface area contributed by atoms with Crippen molar-refractivity contribution in [3.05, 3.63) is 86.1 Å². The molecule has 158 valence electrons. The second-order valence-electron chi connectivity index (χ2n) is 7.80. The number of allylic oxidation sites excluding steroid dienone is 1. The van der Waals surface area contributed by atoms with Crippen LogP contribution in [0.15, 0.2) is 68.8 Å². The van der Waals surface area contributed by atoms with E-state index in [1.54, 1.807) is 6.21 Å². The zero-order valence-corrected chi connectivity index (χ0v) is 17.8. The largest absolute Gasteiger partial charge is 0.350 e. The molecule has 0 spiro atoms. The van der Waals surface area contributed by atoms with Gasteiger partial charge in [0.25, 0.3) is 0 Å². The Balaban J connectivity index is 1.76. The second kappa shape index (κ2) is 9.00. The Morgan fingerprint density at radius 2 is 1.84 bits per heavy atom. The number of aryl methyl sites for hydroxylation is 1. The Bertz CT molecular complexity index is 1390. The van der Waals surface area contributed by atoms with Gasteiger partial charge in [0, 0.05) is 10.9 Å². The lowest BCUT2D eigenvalue weighted by Crippen LogP contribution is -2.32. The maximum absolute atomic E-state index is 13.0. The molecule has 2 heterocycles. The first kappa shape index (κ1) is 20.6. The van der Waals surface area contributed by atoms with Crippen molar-refractivity contribution in [2.24, 2.45) is 5.10 Å². The van der Waals surface area contributed by atoms with Crippen LogP contribution in [0.25, 0.3) is 28.0 Å². The summed E-state index contributed by atoms with van der Waals surface area (Å²) in [7, 11) is 0. The first-order valence-corrected chi connectivity index (χ1v) is 10.6. The number of H-pyrrole nitrogens is 2. The van der Waals surface area contributed by atoms with Crippen molar-refractivity contribution in [2.45, 2.75) is 39.5 Å². The van der Waals surface area contributed by atoms with Gasteiger partial charge >= 0.3 is 11.2 Å². The summed E-state index contributed by atoms with van der Waals surface area (Å²) in [6, 6.07) is 15.8. The van der Waals surface area contributed by atoms with E-state index in [-0.39, 0.29) is 0 Å². The summed E-state index contributed by atoms with van der Waals surface area (Å²) in [5.41, 5.74) is 3.74. The number of hydrogen-bond donors (Lipinski definition) is 2. The molecule has 0 bridgehead atoms. The summed E-state index contributed by atoms with van der Waals surface area (Å²) in [4.78, 5) is 31.6. The van der Waals surface area contributed by atoms with Gasteiger partial charge in [0.2, 0.25) is 0 Å². The van der Waals surface area contributed by atoms with Gasteiger partial charge in [0.1, 0.15) is 5.52 Å². The fourth-order valence-electron chi connectivity index (χ4n) is 3.71. The fourth-order valence-corrected chi connectivity index (χ4v) is 3.71. The smallest absolute Gasteiger partial charge is 0.349 e. The lowest BCUT2D eigenvalue weighted by atomic mass is 10.1. The minimum atomic E-state index is -0.552. The van der Waals surface area contributed by atoms with Gasteiger partial charge in [-0.15, -0.1) is 4.68 Å². The second-order valence-corrected chi connectivity index (χ2v) is 7.80. The highest BCUT2D eigenvalue weighted by molar-refractivity contribution is 6.04. The van der Waals surface area contributed by atoms with E-state index in [1.807, 2.05) is 61.5 Å². The molecule has 0 fully saturated rings. The average molecular weight is 415 g/mol. The van der Waals surface area contributed by atoms with Crippen molar-refractivity contribution in [1.82, 2.24) is 14.6 Å². The summed E-state index contributed by atoms with van der Waals surface area (Å²) < 4.78 is 0.892. The summed E-state index contributed by atoms with van der Waals surface area (Å²) in [5, 5.41) is 5.09. The Hall–Kier alpha value is -3.67. The number of rotatable bonds is 7. The van der Waals surface area contributed by atoms with Crippen LogP contribution in [-0.4, -0.2) is 20.9 Å². The molecule has 2 N–H and O–H groups in total. The monoisotopic (exact) mass is 414 g/mol. The van der Waals surface area contributed by atoms with Crippen LogP contribution < -0.4 is 11.2 Å². The topological polar surface area (TPSA) is 83.0 Å². The molecule has 0 saturated heterocycles. The molecule has 0 aliphatic heterocycles. The highest BCUT2D eigenvalue weighted by Crippen LogP contribution is 2.21. The predicted molar refractivity (Wildman–Crippen MR) is 128 cm³/mol. The quantitative estimate of drug-likeness (QED) is 0.330. The number of nitrogens with one attached hydrogen (secondary N) is 2. The van der Waals surface area contributed by atoms with Crippen molar-refractivity contribution in [3.8, 4) is 0 Å². The molecule has 2 aromatic carbocycles. The summed E-state index contributed by atoms with van der Waals surface area (Å²) in [5.74, 6) is 0. The van der Waals surface area contributed by atoms with Gasteiger partial charge in [-0.1, -0.05) is 67.8 Å². The number of nitrogens with zero attached hydrogens (tertiary/aromatic N) is 2. The molecule has 4 rings (SSSR count). The zero-order valence-electron chi connectivity index (χ0n) is 17.8. The van der Waals surface area contributed by atoms with E-state index >= 15 is 0 Å². The molecule has 6 heteroatoms. The summed E-state index contributed by atoms with van der Waals surface area (Å²) in [6.45, 7) is 4.13. The van der Waals surface area contributed by atoms with E-state index < -0.39 is 11.2 Å². The van der Waals surface area contributed by atoms with Crippen molar-refractivity contribution in [1.29, 1.82) is 0 Å². The fraction of sp³-hybridized carbons (Fsp3) is 0.240. The highest BCUT2D eigenvalue weighted by Gasteiger charge is 2.12. The first-order chi connectivity index (χ1) is 15.1. The van der Waals surface area contributed by atoms with Crippen LogP contribution >= 0.6 is 0 Å². The minimum Gasteiger partial charge on any atom is -0.349 e. The van der Waals surface area contributed by atoms with E-state index in [4.69, 9.17) is 0 Å². The van der Waals surface area contributed by atoms with Crippen molar-refractivity contribution >= 4 is 34.2 Å². The van der Waals surface area contributed by atoms with Crippen LogP contribution in [0.5, 0.6) is 0 Å². The number of unbranched alkanes of at least 4 members (excludes halogenated alkanes) is 2. The molecule has 0 saturated carbocycles. The van der Waals surface area contributed by atoms with Gasteiger partial charge in [0.15, 0.2) is 0 Å². The SMILES string of the molecule is CCCCCC(/C=N\n1c(=O)[nH]c2c([nH]c3ccc(C)cc32)c1=O)=C\c1ccccc1. The van der Waals surface area contributed by atoms with Gasteiger partial charge in [-0.3, -0.25) is 4.79 Å². The third-order valence-electron chi connectivity index (χ3n) is 5.34. The van der Waals surface area contributed by atoms with E-state index in [1.165, 1.54) is 0 Å². The molecule has 0 amide bonds. The van der Waals surface area contributed by atoms with Gasteiger partial charge in [-0.05, 0) is 43.0 Å². The summed E-state index contributed by atoms with van der Waals surface area (Å²) >= 11 is 0. The predicted octanol–water partition coefficient (Wildman–Crippen LogP) is 4.98. The normalized spacial score (nSPS) is 12.4. The maximum atomic E-state index is 13.0. The minimum absolute atomic E-state index is 0.344. The lowest BCUT2D eigenvalue weighted by molar-refractivity contribution is 0.722. The van der Waals surface area contributed by atoms with Crippen molar-refractivity contribution < 1.29 is 0 Å². The van der Waals surface area contributed by atoms with Crippen LogP contribution in [0.2, 0.25) is 0 Å². The summed E-state index contributed by atoms with van der Waals surface area (Å²) in [6.07, 6.45) is 7.74. The number of aromatic nitrogens is 3. The third-order valence-corrected chi connectivity index (χ3v) is 5.34. The Morgan fingerprint density at radius 1 is 1.03 bits per heavy atom. The Kier molecular flexibility index (Phi) is 5.98. The molecule has 2 aromatic heterocycles. The first-order valence-electron chi connectivity index (χ1n) is 10.6. The van der Waals surface area contributed by atoms with Crippen LogP contribution in [-0.2, 0) is 0 Å². The molecule has 0 unspecified atom stereocenters. The van der Waals surface area contributed by atoms with Gasteiger partial charge in [0.05, 0.1) is 11.7 Å². The number of hydrogen-bond acceptors (Lipinski definition) is 3. The van der Waals surface area contributed by atoms with Crippen molar-refractivity contribution in [3.63, 3.8) is 0 Å². The molecule has 6 nitrogen and oxygen atoms in total. The Morgan fingerprint density at radius 3 is 2.61 bits per heavy atom. The van der Waals surface area contributed by atoms with E-state index in [2.05, 4.69) is 22.0 Å². The molecule has 0 radical (unpaired) electrons.